The van der Waals surface area contributed by atoms with E-state index in [2.05, 4.69) is 41.4 Å². The maximum Gasteiger partial charge on any atom is 0.225 e. The second-order valence-corrected chi connectivity index (χ2v) is 8.65. The number of ether oxygens (including phenoxy) is 1. The lowest BCUT2D eigenvalue weighted by atomic mass is 9.68. The number of nitrogens with zero attached hydrogens (tertiary/aromatic N) is 1. The van der Waals surface area contributed by atoms with E-state index in [1.54, 1.807) is 0 Å². The Bertz CT molecular complexity index is 715. The predicted molar refractivity (Wildman–Crippen MR) is 92.7 cm³/mol. The summed E-state index contributed by atoms with van der Waals surface area (Å²) in [5.74, 6) is 1.01. The molecule has 2 saturated heterocycles. The molecule has 3 atom stereocenters. The monoisotopic (exact) mass is 342 g/mol. The Morgan fingerprint density at radius 3 is 2.88 bits per heavy atom. The molecule has 4 aliphatic rings. The van der Waals surface area contributed by atoms with Gasteiger partial charge in [-0.15, -0.1) is 0 Å². The van der Waals surface area contributed by atoms with Gasteiger partial charge in [-0.2, -0.15) is 0 Å². The van der Waals surface area contributed by atoms with Gasteiger partial charge in [0.15, 0.2) is 0 Å². The summed E-state index contributed by atoms with van der Waals surface area (Å²) in [6.45, 7) is 4.44. The minimum atomic E-state index is -0.868. The zero-order valence-corrected chi connectivity index (χ0v) is 14.7. The van der Waals surface area contributed by atoms with Gasteiger partial charge in [0, 0.05) is 30.0 Å². The van der Waals surface area contributed by atoms with Crippen molar-refractivity contribution < 1.29 is 14.6 Å². The molecule has 4 fully saturated rings. The maximum atomic E-state index is 12.9. The number of amides is 1. The van der Waals surface area contributed by atoms with E-state index in [0.717, 1.165) is 32.4 Å². The van der Waals surface area contributed by atoms with Crippen molar-refractivity contribution >= 4 is 5.91 Å². The molecule has 2 saturated carbocycles. The first kappa shape index (κ1) is 15.8. The summed E-state index contributed by atoms with van der Waals surface area (Å²) in [6, 6.07) is 8.90. The second kappa shape index (κ2) is 5.29. The Balaban J connectivity index is 1.21. The van der Waals surface area contributed by atoms with Crippen molar-refractivity contribution in [1.82, 2.24) is 10.2 Å². The third-order valence-corrected chi connectivity index (χ3v) is 6.98. The number of aliphatic hydroxyl groups is 1. The average Bonchev–Trinajstić information content (AvgIpc) is 3.19. The summed E-state index contributed by atoms with van der Waals surface area (Å²) in [6.07, 6.45) is 3.01. The Morgan fingerprint density at radius 2 is 2.20 bits per heavy atom. The van der Waals surface area contributed by atoms with E-state index in [-0.39, 0.29) is 11.5 Å². The molecular formula is C20H26N2O3. The molecule has 2 aliphatic carbocycles. The Hall–Kier alpha value is -1.43. The largest absolute Gasteiger partial charge is 0.356 e. The van der Waals surface area contributed by atoms with Crippen LogP contribution in [0.25, 0.3) is 0 Å². The van der Waals surface area contributed by atoms with Crippen molar-refractivity contribution in [1.29, 1.82) is 0 Å². The molecule has 1 spiro atoms. The fourth-order valence-corrected chi connectivity index (χ4v) is 5.41. The first-order valence-electron chi connectivity index (χ1n) is 9.43. The second-order valence-electron chi connectivity index (χ2n) is 8.65. The zero-order valence-electron chi connectivity index (χ0n) is 14.7. The summed E-state index contributed by atoms with van der Waals surface area (Å²) < 4.78 is 5.20. The number of aryl methyl sites for hydroxylation is 1. The van der Waals surface area contributed by atoms with Crippen LogP contribution in [0, 0.1) is 18.8 Å². The van der Waals surface area contributed by atoms with Crippen LogP contribution in [0.3, 0.4) is 0 Å². The van der Waals surface area contributed by atoms with Crippen molar-refractivity contribution in [3.05, 3.63) is 35.4 Å². The molecule has 2 N–H and O–H groups in total. The number of rotatable bonds is 2. The fourth-order valence-electron chi connectivity index (χ4n) is 5.41. The Morgan fingerprint density at radius 1 is 1.36 bits per heavy atom. The standard InChI is InChI=1S/C20H26N2O3/c1-13-3-2-4-15(7-13)20-5-6-22(11-16(20)10-20)17(23)14-8-19(9-14)12-25-18(24)21-19/h2-4,7,14,16,18,21,24H,5-6,8-12H2,1H3/t14-,16?,18?,19+,20?. The summed E-state index contributed by atoms with van der Waals surface area (Å²) in [5, 5.41) is 12.5. The van der Waals surface area contributed by atoms with E-state index in [0.29, 0.717) is 23.8 Å². The normalized spacial score (nSPS) is 42.2. The summed E-state index contributed by atoms with van der Waals surface area (Å²) >= 11 is 0. The van der Waals surface area contributed by atoms with Gasteiger partial charge in [-0.25, -0.2) is 0 Å². The number of benzene rings is 1. The minimum absolute atomic E-state index is 0.0895. The van der Waals surface area contributed by atoms with Crippen LogP contribution in [0.5, 0.6) is 0 Å². The Labute approximate surface area is 148 Å². The number of fused-ring (bicyclic) bond motifs is 1. The number of likely N-dealkylation sites (tertiary alicyclic amines) is 1. The molecule has 3 unspecified atom stereocenters. The molecule has 0 radical (unpaired) electrons. The molecule has 1 aromatic rings. The molecule has 5 rings (SSSR count). The van der Waals surface area contributed by atoms with Crippen LogP contribution in [0.4, 0.5) is 0 Å². The van der Waals surface area contributed by atoms with Crippen LogP contribution in [-0.4, -0.2) is 47.6 Å². The van der Waals surface area contributed by atoms with Gasteiger partial charge in [0.1, 0.15) is 0 Å². The molecule has 25 heavy (non-hydrogen) atoms. The van der Waals surface area contributed by atoms with Crippen LogP contribution in [0.2, 0.25) is 0 Å². The molecule has 1 aromatic carbocycles. The molecule has 2 heterocycles. The smallest absolute Gasteiger partial charge is 0.225 e. The topological polar surface area (TPSA) is 61.8 Å². The molecule has 5 heteroatoms. The van der Waals surface area contributed by atoms with Crippen molar-refractivity contribution in [3.8, 4) is 0 Å². The van der Waals surface area contributed by atoms with Crippen LogP contribution in [0.1, 0.15) is 36.8 Å². The molecule has 1 amide bonds. The molecular weight excluding hydrogens is 316 g/mol. The van der Waals surface area contributed by atoms with Crippen LogP contribution in [-0.2, 0) is 14.9 Å². The lowest BCUT2D eigenvalue weighted by Crippen LogP contribution is -2.59. The first-order valence-corrected chi connectivity index (χ1v) is 9.43. The van der Waals surface area contributed by atoms with E-state index < -0.39 is 6.41 Å². The highest BCUT2D eigenvalue weighted by atomic mass is 16.6. The molecule has 134 valence electrons. The molecule has 0 bridgehead atoms. The zero-order chi connectivity index (χ0) is 17.2. The van der Waals surface area contributed by atoms with Crippen LogP contribution < -0.4 is 5.32 Å². The van der Waals surface area contributed by atoms with Gasteiger partial charge < -0.3 is 14.7 Å². The quantitative estimate of drug-likeness (QED) is 0.856. The van der Waals surface area contributed by atoms with Crippen molar-refractivity contribution in [3.63, 3.8) is 0 Å². The third-order valence-electron chi connectivity index (χ3n) is 6.98. The number of nitrogens with one attached hydrogen (secondary N) is 1. The van der Waals surface area contributed by atoms with Gasteiger partial charge in [0.05, 0.1) is 6.61 Å². The van der Waals surface area contributed by atoms with Gasteiger partial charge in [0.2, 0.25) is 12.3 Å². The molecule has 0 aromatic heterocycles. The van der Waals surface area contributed by atoms with E-state index in [4.69, 9.17) is 4.74 Å². The lowest BCUT2D eigenvalue weighted by molar-refractivity contribution is -0.142. The number of hydrogen-bond acceptors (Lipinski definition) is 4. The van der Waals surface area contributed by atoms with Gasteiger partial charge in [-0.05, 0) is 44.1 Å². The molecule has 2 aliphatic heterocycles. The third kappa shape index (κ3) is 2.44. The van der Waals surface area contributed by atoms with E-state index >= 15 is 0 Å². The van der Waals surface area contributed by atoms with Crippen LogP contribution >= 0.6 is 0 Å². The van der Waals surface area contributed by atoms with E-state index in [9.17, 15) is 9.90 Å². The number of piperidine rings is 1. The lowest BCUT2D eigenvalue weighted by Gasteiger charge is -2.45. The molecule has 5 nitrogen and oxygen atoms in total. The van der Waals surface area contributed by atoms with Crippen molar-refractivity contribution in [2.75, 3.05) is 19.7 Å². The van der Waals surface area contributed by atoms with Crippen LogP contribution in [0.15, 0.2) is 24.3 Å². The van der Waals surface area contributed by atoms with Gasteiger partial charge in [-0.1, -0.05) is 29.8 Å². The van der Waals surface area contributed by atoms with Gasteiger partial charge >= 0.3 is 0 Å². The fraction of sp³-hybridized carbons (Fsp3) is 0.650. The summed E-state index contributed by atoms with van der Waals surface area (Å²) in [4.78, 5) is 14.9. The van der Waals surface area contributed by atoms with Crippen molar-refractivity contribution in [2.24, 2.45) is 11.8 Å². The van der Waals surface area contributed by atoms with Gasteiger partial charge in [0.25, 0.3) is 0 Å². The summed E-state index contributed by atoms with van der Waals surface area (Å²) in [5.41, 5.74) is 2.95. The highest BCUT2D eigenvalue weighted by molar-refractivity contribution is 5.80. The minimum Gasteiger partial charge on any atom is -0.356 e. The summed E-state index contributed by atoms with van der Waals surface area (Å²) in [7, 11) is 0. The highest BCUT2D eigenvalue weighted by Crippen LogP contribution is 2.59. The maximum absolute atomic E-state index is 12.9. The SMILES string of the molecule is Cc1cccc(C23CCN(C(=O)[C@H]4C[C@]5(COC(O)N5)C4)CC2C3)c1. The average molecular weight is 342 g/mol. The number of aliphatic hydroxyl groups excluding tert-OH is 1. The highest BCUT2D eigenvalue weighted by Gasteiger charge is 2.59. The number of carbonyl (C=O) groups is 1. The number of carbonyl (C=O) groups excluding carboxylic acids is 1. The van der Waals surface area contributed by atoms with E-state index in [1.807, 2.05) is 0 Å². The van der Waals surface area contributed by atoms with Crippen molar-refractivity contribution in [2.45, 2.75) is 50.0 Å². The first-order chi connectivity index (χ1) is 12.0. The predicted octanol–water partition coefficient (Wildman–Crippen LogP) is 1.53. The van der Waals surface area contributed by atoms with Gasteiger partial charge in [-0.3, -0.25) is 10.1 Å². The number of hydrogen-bond donors (Lipinski definition) is 2. The Kier molecular flexibility index (Phi) is 3.34. The van der Waals surface area contributed by atoms with E-state index in [1.165, 1.54) is 17.5 Å².